The molecule has 0 amide bonds. The van der Waals surface area contributed by atoms with E-state index in [9.17, 15) is 8.42 Å². The summed E-state index contributed by atoms with van der Waals surface area (Å²) in [6, 6.07) is 4.52. The molecule has 0 spiro atoms. The van der Waals surface area contributed by atoms with E-state index in [1.54, 1.807) is 0 Å². The van der Waals surface area contributed by atoms with Gasteiger partial charge in [0.2, 0.25) is 10.0 Å². The molecule has 2 atom stereocenters. The molecule has 0 bridgehead atoms. The maximum Gasteiger partial charge on any atom is 0.244 e. The second-order valence-corrected chi connectivity index (χ2v) is 6.72. The van der Waals surface area contributed by atoms with Crippen molar-refractivity contribution in [2.45, 2.75) is 24.3 Å². The molecule has 1 aromatic heterocycles. The first-order chi connectivity index (χ1) is 8.95. The summed E-state index contributed by atoms with van der Waals surface area (Å²) < 4.78 is 26.2. The van der Waals surface area contributed by atoms with Gasteiger partial charge in [-0.05, 0) is 24.5 Å². The van der Waals surface area contributed by atoms with Gasteiger partial charge in [0, 0.05) is 25.3 Å². The molecule has 7 heteroatoms. The van der Waals surface area contributed by atoms with Crippen LogP contribution in [0.25, 0.3) is 0 Å². The molecule has 1 fully saturated rings. The van der Waals surface area contributed by atoms with Crippen molar-refractivity contribution in [1.82, 2.24) is 9.29 Å². The molecule has 0 radical (unpaired) electrons. The Morgan fingerprint density at radius 3 is 2.79 bits per heavy atom. The highest BCUT2D eigenvalue weighted by molar-refractivity contribution is 7.89. The maximum atomic E-state index is 12.4. The Morgan fingerprint density at radius 1 is 1.53 bits per heavy atom. The monoisotopic (exact) mass is 280 g/mol. The summed E-state index contributed by atoms with van der Waals surface area (Å²) in [5.74, 6) is 0.325. The zero-order valence-corrected chi connectivity index (χ0v) is 11.5. The predicted octanol–water partition coefficient (Wildman–Crippen LogP) is 0.311. The Morgan fingerprint density at radius 2 is 2.26 bits per heavy atom. The SMILES string of the molecule is CC1CCN(S(=O)(=O)c2ccc(C#N)nc2)CC1N. The third-order valence-corrected chi connectivity index (χ3v) is 5.32. The largest absolute Gasteiger partial charge is 0.326 e. The number of piperidine rings is 1. The second kappa shape index (κ2) is 5.25. The summed E-state index contributed by atoms with van der Waals surface area (Å²) in [7, 11) is -3.56. The highest BCUT2D eigenvalue weighted by Crippen LogP contribution is 2.22. The van der Waals surface area contributed by atoms with Crippen molar-refractivity contribution in [1.29, 1.82) is 5.26 Å². The van der Waals surface area contributed by atoms with Crippen LogP contribution in [0.5, 0.6) is 0 Å². The Kier molecular flexibility index (Phi) is 3.85. The number of aromatic nitrogens is 1. The molecule has 1 aliphatic rings. The minimum Gasteiger partial charge on any atom is -0.326 e. The minimum absolute atomic E-state index is 0.105. The Labute approximate surface area is 112 Å². The molecule has 2 unspecified atom stereocenters. The van der Waals surface area contributed by atoms with Crippen LogP contribution in [-0.2, 0) is 10.0 Å². The van der Waals surface area contributed by atoms with E-state index in [4.69, 9.17) is 11.0 Å². The fourth-order valence-corrected chi connectivity index (χ4v) is 3.47. The molecular formula is C12H16N4O2S. The number of rotatable bonds is 2. The van der Waals surface area contributed by atoms with Crippen LogP contribution in [0.15, 0.2) is 23.2 Å². The summed E-state index contributed by atoms with van der Waals surface area (Å²) in [5.41, 5.74) is 6.12. The van der Waals surface area contributed by atoms with Gasteiger partial charge in [-0.3, -0.25) is 0 Å². The first-order valence-corrected chi connectivity index (χ1v) is 7.51. The fourth-order valence-electron chi connectivity index (χ4n) is 2.03. The number of nitrogens with zero attached hydrogens (tertiary/aromatic N) is 3. The lowest BCUT2D eigenvalue weighted by Crippen LogP contribution is -2.49. The van der Waals surface area contributed by atoms with Gasteiger partial charge in [-0.25, -0.2) is 13.4 Å². The van der Waals surface area contributed by atoms with Gasteiger partial charge in [-0.15, -0.1) is 0 Å². The number of hydrogen-bond donors (Lipinski definition) is 1. The molecule has 1 saturated heterocycles. The Bertz CT molecular complexity index is 591. The number of sulfonamides is 1. The van der Waals surface area contributed by atoms with Crippen molar-refractivity contribution >= 4 is 10.0 Å². The Balaban J connectivity index is 2.25. The van der Waals surface area contributed by atoms with Crippen molar-refractivity contribution in [3.63, 3.8) is 0 Å². The molecule has 1 aliphatic heterocycles. The average Bonchev–Trinajstić information content (AvgIpc) is 2.41. The molecular weight excluding hydrogens is 264 g/mol. The smallest absolute Gasteiger partial charge is 0.244 e. The third kappa shape index (κ3) is 2.76. The molecule has 0 saturated carbocycles. The molecule has 2 N–H and O–H groups in total. The summed E-state index contributed by atoms with van der Waals surface area (Å²) in [6.07, 6.45) is 1.97. The molecule has 2 rings (SSSR count). The lowest BCUT2D eigenvalue weighted by atomic mass is 9.96. The first-order valence-electron chi connectivity index (χ1n) is 6.07. The van der Waals surface area contributed by atoms with Crippen LogP contribution < -0.4 is 5.73 Å². The van der Waals surface area contributed by atoms with Crippen LogP contribution in [0, 0.1) is 17.2 Å². The van der Waals surface area contributed by atoms with Gasteiger partial charge in [-0.2, -0.15) is 9.57 Å². The van der Waals surface area contributed by atoms with E-state index < -0.39 is 10.0 Å². The number of nitrogens with two attached hydrogens (primary N) is 1. The van der Waals surface area contributed by atoms with E-state index in [0.29, 0.717) is 19.0 Å². The normalized spacial score (nSPS) is 24.9. The maximum absolute atomic E-state index is 12.4. The van der Waals surface area contributed by atoms with Gasteiger partial charge in [0.05, 0.1) is 0 Å². The highest BCUT2D eigenvalue weighted by Gasteiger charge is 2.32. The first kappa shape index (κ1) is 13.9. The number of hydrogen-bond acceptors (Lipinski definition) is 5. The van der Waals surface area contributed by atoms with Crippen molar-refractivity contribution < 1.29 is 8.42 Å². The van der Waals surface area contributed by atoms with Crippen molar-refractivity contribution in [2.24, 2.45) is 11.7 Å². The van der Waals surface area contributed by atoms with Crippen LogP contribution in [0.3, 0.4) is 0 Å². The molecule has 19 heavy (non-hydrogen) atoms. The molecule has 0 aliphatic carbocycles. The summed E-state index contributed by atoms with van der Waals surface area (Å²) >= 11 is 0. The number of nitriles is 1. The van der Waals surface area contributed by atoms with Gasteiger partial charge in [-0.1, -0.05) is 6.92 Å². The molecule has 0 aromatic carbocycles. The zero-order chi connectivity index (χ0) is 14.0. The standard InChI is InChI=1S/C12H16N4O2S/c1-9-4-5-16(8-12(9)14)19(17,18)11-3-2-10(6-13)15-7-11/h2-3,7,9,12H,4-5,8,14H2,1H3. The van der Waals surface area contributed by atoms with Gasteiger partial charge >= 0.3 is 0 Å². The van der Waals surface area contributed by atoms with Crippen LogP contribution >= 0.6 is 0 Å². The number of pyridine rings is 1. The molecule has 2 heterocycles. The molecule has 102 valence electrons. The van der Waals surface area contributed by atoms with E-state index in [-0.39, 0.29) is 16.6 Å². The molecule has 6 nitrogen and oxygen atoms in total. The molecule has 1 aromatic rings. The zero-order valence-electron chi connectivity index (χ0n) is 10.7. The lowest BCUT2D eigenvalue weighted by Gasteiger charge is -2.34. The van der Waals surface area contributed by atoms with Gasteiger partial charge in [0.25, 0.3) is 0 Å². The fraction of sp³-hybridized carbons (Fsp3) is 0.500. The quantitative estimate of drug-likeness (QED) is 0.840. The highest BCUT2D eigenvalue weighted by atomic mass is 32.2. The van der Waals surface area contributed by atoms with E-state index in [0.717, 1.165) is 6.42 Å². The average molecular weight is 280 g/mol. The summed E-state index contributed by atoms with van der Waals surface area (Å²) in [5, 5.41) is 8.65. The van der Waals surface area contributed by atoms with Gasteiger partial charge in [0.15, 0.2) is 0 Å². The van der Waals surface area contributed by atoms with Crippen molar-refractivity contribution in [2.75, 3.05) is 13.1 Å². The minimum atomic E-state index is -3.56. The van der Waals surface area contributed by atoms with E-state index in [2.05, 4.69) is 4.98 Å². The van der Waals surface area contributed by atoms with E-state index in [1.807, 2.05) is 13.0 Å². The van der Waals surface area contributed by atoms with E-state index >= 15 is 0 Å². The van der Waals surface area contributed by atoms with Gasteiger partial charge in [0.1, 0.15) is 16.7 Å². The predicted molar refractivity (Wildman–Crippen MR) is 69.5 cm³/mol. The van der Waals surface area contributed by atoms with Crippen LogP contribution in [0.4, 0.5) is 0 Å². The third-order valence-electron chi connectivity index (χ3n) is 3.47. The topological polar surface area (TPSA) is 100 Å². The second-order valence-electron chi connectivity index (χ2n) is 4.78. The Hall–Kier alpha value is -1.49. The van der Waals surface area contributed by atoms with Crippen LogP contribution in [0.2, 0.25) is 0 Å². The van der Waals surface area contributed by atoms with Gasteiger partial charge < -0.3 is 5.73 Å². The van der Waals surface area contributed by atoms with Crippen molar-refractivity contribution in [3.8, 4) is 6.07 Å². The lowest BCUT2D eigenvalue weighted by molar-refractivity contribution is 0.253. The summed E-state index contributed by atoms with van der Waals surface area (Å²) in [4.78, 5) is 3.90. The van der Waals surface area contributed by atoms with Crippen LogP contribution in [-0.4, -0.2) is 36.8 Å². The van der Waals surface area contributed by atoms with E-state index in [1.165, 1.54) is 22.6 Å². The summed E-state index contributed by atoms with van der Waals surface area (Å²) in [6.45, 7) is 2.82. The van der Waals surface area contributed by atoms with Crippen molar-refractivity contribution in [3.05, 3.63) is 24.0 Å². The van der Waals surface area contributed by atoms with Crippen LogP contribution in [0.1, 0.15) is 19.0 Å².